The molecule has 2 aromatic rings. The van der Waals surface area contributed by atoms with Crippen molar-refractivity contribution in [1.29, 1.82) is 0 Å². The van der Waals surface area contributed by atoms with Gasteiger partial charge in [0.25, 0.3) is 0 Å². The maximum Gasteiger partial charge on any atom is 0.340 e. The van der Waals surface area contributed by atoms with Crippen LogP contribution in [-0.2, 0) is 4.74 Å². The molecule has 0 bridgehead atoms. The molecule has 22 heavy (non-hydrogen) atoms. The fourth-order valence-electron chi connectivity index (χ4n) is 2.01. The number of esters is 1. The minimum atomic E-state index is -0.426. The van der Waals surface area contributed by atoms with Crippen molar-refractivity contribution in [2.24, 2.45) is 0 Å². The molecule has 0 unspecified atom stereocenters. The molecule has 0 saturated heterocycles. The van der Waals surface area contributed by atoms with Crippen molar-refractivity contribution < 1.29 is 14.3 Å². The first-order chi connectivity index (χ1) is 10.6. The summed E-state index contributed by atoms with van der Waals surface area (Å²) in [5.41, 5.74) is 2.23. The van der Waals surface area contributed by atoms with Crippen molar-refractivity contribution in [1.82, 2.24) is 0 Å². The molecule has 0 atom stereocenters. The molecule has 2 aromatic carbocycles. The van der Waals surface area contributed by atoms with Gasteiger partial charge in [0, 0.05) is 17.3 Å². The molecule has 0 aromatic heterocycles. The highest BCUT2D eigenvalue weighted by Gasteiger charge is 2.12. The van der Waals surface area contributed by atoms with E-state index in [9.17, 15) is 4.79 Å². The second-order valence-electron chi connectivity index (χ2n) is 4.77. The molecular formula is C17H18ClNO3. The minimum absolute atomic E-state index is 0.408. The predicted octanol–water partition coefficient (Wildman–Crippen LogP) is 3.93. The number of anilines is 1. The van der Waals surface area contributed by atoms with E-state index in [1.54, 1.807) is 18.2 Å². The number of ether oxygens (including phenoxy) is 2. The van der Waals surface area contributed by atoms with Crippen LogP contribution >= 0.6 is 11.6 Å². The molecule has 0 aliphatic heterocycles. The van der Waals surface area contributed by atoms with E-state index in [4.69, 9.17) is 21.1 Å². The Morgan fingerprint density at radius 3 is 2.77 bits per heavy atom. The molecule has 1 N–H and O–H groups in total. The molecule has 2 rings (SSSR count). The quantitative estimate of drug-likeness (QED) is 0.647. The molecule has 0 aliphatic rings. The second-order valence-corrected chi connectivity index (χ2v) is 5.21. The number of nitrogens with one attached hydrogen (secondary N) is 1. The van der Waals surface area contributed by atoms with Gasteiger partial charge >= 0.3 is 5.97 Å². The maximum atomic E-state index is 11.7. The number of hydrogen-bond donors (Lipinski definition) is 1. The Bertz CT molecular complexity index is 658. The highest BCUT2D eigenvalue weighted by Crippen LogP contribution is 2.21. The van der Waals surface area contributed by atoms with Crippen LogP contribution in [0.15, 0.2) is 42.5 Å². The molecule has 5 heteroatoms. The standard InChI is InChI=1S/C17H18ClNO3/c1-12-4-3-5-14(10-12)22-9-8-19-16-7-6-13(18)11-15(16)17(20)21-2/h3-7,10-11,19H,8-9H2,1-2H3. The SMILES string of the molecule is COC(=O)c1cc(Cl)ccc1NCCOc1cccc(C)c1. The Balaban J connectivity index is 1.93. The second kappa shape index (κ2) is 7.71. The lowest BCUT2D eigenvalue weighted by Crippen LogP contribution is -2.14. The topological polar surface area (TPSA) is 47.6 Å². The van der Waals surface area contributed by atoms with Gasteiger partial charge in [0.2, 0.25) is 0 Å². The van der Waals surface area contributed by atoms with E-state index < -0.39 is 5.97 Å². The highest BCUT2D eigenvalue weighted by molar-refractivity contribution is 6.31. The van der Waals surface area contributed by atoms with Gasteiger partial charge in [-0.25, -0.2) is 4.79 Å². The van der Waals surface area contributed by atoms with Crippen molar-refractivity contribution in [2.75, 3.05) is 25.6 Å². The van der Waals surface area contributed by atoms with Crippen LogP contribution < -0.4 is 10.1 Å². The van der Waals surface area contributed by atoms with E-state index in [1.165, 1.54) is 7.11 Å². The average Bonchev–Trinajstić information content (AvgIpc) is 2.52. The maximum absolute atomic E-state index is 11.7. The molecule has 0 spiro atoms. The normalized spacial score (nSPS) is 10.1. The van der Waals surface area contributed by atoms with E-state index in [1.807, 2.05) is 31.2 Å². The van der Waals surface area contributed by atoms with Crippen molar-refractivity contribution in [2.45, 2.75) is 6.92 Å². The number of hydrogen-bond acceptors (Lipinski definition) is 4. The van der Waals surface area contributed by atoms with Crippen LogP contribution in [0.3, 0.4) is 0 Å². The number of methoxy groups -OCH3 is 1. The van der Waals surface area contributed by atoms with Crippen LogP contribution in [0.5, 0.6) is 5.75 Å². The Morgan fingerprint density at radius 2 is 2.05 bits per heavy atom. The smallest absolute Gasteiger partial charge is 0.340 e. The first-order valence-electron chi connectivity index (χ1n) is 6.91. The Kier molecular flexibility index (Phi) is 5.67. The number of benzene rings is 2. The summed E-state index contributed by atoms with van der Waals surface area (Å²) in [6, 6.07) is 12.9. The van der Waals surface area contributed by atoms with Crippen LogP contribution in [0, 0.1) is 6.92 Å². The van der Waals surface area contributed by atoms with Crippen molar-refractivity contribution in [3.63, 3.8) is 0 Å². The van der Waals surface area contributed by atoms with E-state index >= 15 is 0 Å². The van der Waals surface area contributed by atoms with Crippen LogP contribution in [0.25, 0.3) is 0 Å². The van der Waals surface area contributed by atoms with Gasteiger partial charge in [-0.1, -0.05) is 23.7 Å². The van der Waals surface area contributed by atoms with Crippen molar-refractivity contribution in [3.8, 4) is 5.75 Å². The molecule has 4 nitrogen and oxygen atoms in total. The zero-order chi connectivity index (χ0) is 15.9. The lowest BCUT2D eigenvalue weighted by molar-refractivity contribution is 0.0602. The molecule has 0 heterocycles. The lowest BCUT2D eigenvalue weighted by atomic mass is 10.2. The third-order valence-corrected chi connectivity index (χ3v) is 3.30. The molecule has 0 fully saturated rings. The van der Waals surface area contributed by atoms with E-state index in [-0.39, 0.29) is 0 Å². The summed E-state index contributed by atoms with van der Waals surface area (Å²) in [6.07, 6.45) is 0. The zero-order valence-electron chi connectivity index (χ0n) is 12.6. The van der Waals surface area contributed by atoms with Gasteiger partial charge in [0.1, 0.15) is 12.4 Å². The van der Waals surface area contributed by atoms with Gasteiger partial charge in [0.15, 0.2) is 0 Å². The fourth-order valence-corrected chi connectivity index (χ4v) is 2.18. The lowest BCUT2D eigenvalue weighted by Gasteiger charge is -2.12. The summed E-state index contributed by atoms with van der Waals surface area (Å²) in [4.78, 5) is 11.7. The van der Waals surface area contributed by atoms with E-state index in [0.717, 1.165) is 11.3 Å². The van der Waals surface area contributed by atoms with Crippen molar-refractivity contribution >= 4 is 23.3 Å². The summed E-state index contributed by atoms with van der Waals surface area (Å²) in [5, 5.41) is 3.64. The molecular weight excluding hydrogens is 302 g/mol. The summed E-state index contributed by atoms with van der Waals surface area (Å²) in [7, 11) is 1.34. The molecule has 0 radical (unpaired) electrons. The van der Waals surface area contributed by atoms with Gasteiger partial charge in [-0.2, -0.15) is 0 Å². The van der Waals surface area contributed by atoms with E-state index in [2.05, 4.69) is 5.32 Å². The van der Waals surface area contributed by atoms with Crippen LogP contribution in [0.2, 0.25) is 5.02 Å². The van der Waals surface area contributed by atoms with Gasteiger partial charge < -0.3 is 14.8 Å². The number of aryl methyl sites for hydroxylation is 1. The first-order valence-corrected chi connectivity index (χ1v) is 7.29. The fraction of sp³-hybridized carbons (Fsp3) is 0.235. The van der Waals surface area contributed by atoms with Gasteiger partial charge in [-0.15, -0.1) is 0 Å². The number of rotatable bonds is 6. The molecule has 0 aliphatic carbocycles. The summed E-state index contributed by atoms with van der Waals surface area (Å²) < 4.78 is 10.4. The van der Waals surface area contributed by atoms with Crippen LogP contribution in [-0.4, -0.2) is 26.2 Å². The monoisotopic (exact) mass is 319 g/mol. The third-order valence-electron chi connectivity index (χ3n) is 3.06. The number of halogens is 1. The molecule has 116 valence electrons. The Hall–Kier alpha value is -2.20. The highest BCUT2D eigenvalue weighted by atomic mass is 35.5. The van der Waals surface area contributed by atoms with Crippen molar-refractivity contribution in [3.05, 3.63) is 58.6 Å². The third kappa shape index (κ3) is 4.40. The first kappa shape index (κ1) is 16.2. The van der Waals surface area contributed by atoms with Gasteiger partial charge in [-0.3, -0.25) is 0 Å². The zero-order valence-corrected chi connectivity index (χ0v) is 13.3. The predicted molar refractivity (Wildman–Crippen MR) is 88.0 cm³/mol. The molecule has 0 saturated carbocycles. The number of carbonyl (C=O) groups is 1. The average molecular weight is 320 g/mol. The van der Waals surface area contributed by atoms with Gasteiger partial charge in [0.05, 0.1) is 12.7 Å². The molecule has 0 amide bonds. The summed E-state index contributed by atoms with van der Waals surface area (Å²) in [6.45, 7) is 3.05. The van der Waals surface area contributed by atoms with E-state index in [0.29, 0.717) is 29.4 Å². The van der Waals surface area contributed by atoms with Crippen LogP contribution in [0.4, 0.5) is 5.69 Å². The summed E-state index contributed by atoms with van der Waals surface area (Å²) in [5.74, 6) is 0.399. The largest absolute Gasteiger partial charge is 0.492 e. The Labute approximate surface area is 135 Å². The Morgan fingerprint density at radius 1 is 1.23 bits per heavy atom. The van der Waals surface area contributed by atoms with Gasteiger partial charge in [-0.05, 0) is 42.8 Å². The minimum Gasteiger partial charge on any atom is -0.492 e. The van der Waals surface area contributed by atoms with Crippen LogP contribution in [0.1, 0.15) is 15.9 Å². The number of carbonyl (C=O) groups excluding carboxylic acids is 1. The summed E-state index contributed by atoms with van der Waals surface area (Å²) >= 11 is 5.91.